The van der Waals surface area contributed by atoms with Gasteiger partial charge in [-0.1, -0.05) is 48.5 Å². The number of nitrogens with two attached hydrogens (primary N) is 1. The number of aromatic nitrogens is 4. The zero-order chi connectivity index (χ0) is 24.1. The first-order valence-electron chi connectivity index (χ1n) is 11.9. The van der Waals surface area contributed by atoms with Crippen LogP contribution < -0.4 is 11.1 Å². The minimum Gasteiger partial charge on any atom is -0.397 e. The Bertz CT molecular complexity index is 1580. The van der Waals surface area contributed by atoms with Crippen molar-refractivity contribution in [3.8, 4) is 22.5 Å². The molecule has 3 aromatic heterocycles. The largest absolute Gasteiger partial charge is 0.397 e. The van der Waals surface area contributed by atoms with E-state index in [1.807, 2.05) is 22.7 Å². The maximum absolute atomic E-state index is 12.0. The number of aryl methyl sites for hydroxylation is 1. The van der Waals surface area contributed by atoms with Crippen molar-refractivity contribution in [2.45, 2.75) is 25.7 Å². The summed E-state index contributed by atoms with van der Waals surface area (Å²) < 4.78 is 1.85. The number of carbonyl (C=O) groups excluding carboxylic acids is 1. The molecule has 0 bridgehead atoms. The third-order valence-electron chi connectivity index (χ3n) is 7.15. The van der Waals surface area contributed by atoms with Gasteiger partial charge in [0.15, 0.2) is 0 Å². The van der Waals surface area contributed by atoms with Crippen LogP contribution in [0.4, 0.5) is 5.69 Å². The van der Waals surface area contributed by atoms with E-state index in [0.29, 0.717) is 5.69 Å². The number of rotatable bonds is 4. The highest BCUT2D eigenvalue weighted by atomic mass is 16.1. The molecule has 7 heteroatoms. The van der Waals surface area contributed by atoms with E-state index < -0.39 is 0 Å². The van der Waals surface area contributed by atoms with Crippen molar-refractivity contribution < 1.29 is 4.79 Å². The van der Waals surface area contributed by atoms with E-state index in [2.05, 4.69) is 53.7 Å². The highest BCUT2D eigenvalue weighted by Crippen LogP contribution is 2.43. The topological polar surface area (TPSA) is 98.2 Å². The third kappa shape index (κ3) is 3.43. The van der Waals surface area contributed by atoms with Gasteiger partial charge in [0.25, 0.3) is 0 Å². The number of fused-ring (bicyclic) bond motifs is 2. The molecular weight excluding hydrogens is 436 g/mol. The van der Waals surface area contributed by atoms with Crippen LogP contribution in [0.3, 0.4) is 0 Å². The Balaban J connectivity index is 1.49. The number of pyridine rings is 1. The second-order valence-electron chi connectivity index (χ2n) is 9.22. The van der Waals surface area contributed by atoms with Crippen LogP contribution >= 0.6 is 0 Å². The van der Waals surface area contributed by atoms with Crippen LogP contribution in [0.2, 0.25) is 0 Å². The van der Waals surface area contributed by atoms with E-state index in [-0.39, 0.29) is 17.7 Å². The minimum absolute atomic E-state index is 0.0184. The van der Waals surface area contributed by atoms with Gasteiger partial charge in [0.05, 0.1) is 23.1 Å². The van der Waals surface area contributed by atoms with Gasteiger partial charge in [-0.15, -0.1) is 0 Å². The van der Waals surface area contributed by atoms with Crippen LogP contribution in [0.25, 0.3) is 38.9 Å². The van der Waals surface area contributed by atoms with E-state index in [9.17, 15) is 4.79 Å². The Morgan fingerprint density at radius 3 is 2.57 bits per heavy atom. The Morgan fingerprint density at radius 1 is 1.03 bits per heavy atom. The van der Waals surface area contributed by atoms with Crippen molar-refractivity contribution in [1.82, 2.24) is 24.9 Å². The highest BCUT2D eigenvalue weighted by molar-refractivity contribution is 5.95. The molecule has 2 aromatic carbocycles. The number of hydrogen-bond donors (Lipinski definition) is 2. The molecule has 35 heavy (non-hydrogen) atoms. The van der Waals surface area contributed by atoms with Gasteiger partial charge in [-0.25, -0.2) is 14.5 Å². The molecule has 0 aliphatic heterocycles. The monoisotopic (exact) mass is 462 g/mol. The van der Waals surface area contributed by atoms with Gasteiger partial charge >= 0.3 is 0 Å². The van der Waals surface area contributed by atoms with Gasteiger partial charge in [0.2, 0.25) is 5.91 Å². The van der Waals surface area contributed by atoms with Crippen molar-refractivity contribution >= 4 is 28.0 Å². The number of hydrogen-bond acceptors (Lipinski definition) is 5. The number of nitrogen functional groups attached to an aromatic ring is 1. The Kier molecular flexibility index (Phi) is 4.99. The smallest absolute Gasteiger partial charge is 0.222 e. The van der Waals surface area contributed by atoms with E-state index in [4.69, 9.17) is 15.7 Å². The lowest BCUT2D eigenvalue weighted by molar-refractivity contribution is -0.127. The van der Waals surface area contributed by atoms with Gasteiger partial charge in [0, 0.05) is 35.4 Å². The highest BCUT2D eigenvalue weighted by Gasteiger charge is 2.38. The molecule has 0 spiro atoms. The lowest BCUT2D eigenvalue weighted by Gasteiger charge is -2.32. The standard InChI is InChI=1S/C28H26N6O/c1-16-21(10-8-18-9-11-23(32-24(16)18)17-6-4-3-5-7-17)25-26-22(29)12-13-31-34(26)27(33-25)19-14-20(15-19)28(35)30-2/h3-13,19-20H,14-15,29H2,1-2H3,(H,30,35). The van der Waals surface area contributed by atoms with Gasteiger partial charge < -0.3 is 11.1 Å². The van der Waals surface area contributed by atoms with Gasteiger partial charge in [0.1, 0.15) is 17.0 Å². The number of benzene rings is 2. The summed E-state index contributed by atoms with van der Waals surface area (Å²) in [6.45, 7) is 2.09. The van der Waals surface area contributed by atoms with E-state index in [1.54, 1.807) is 19.3 Å². The summed E-state index contributed by atoms with van der Waals surface area (Å²) >= 11 is 0. The Labute approximate surface area is 203 Å². The molecular formula is C28H26N6O. The zero-order valence-electron chi connectivity index (χ0n) is 19.7. The Morgan fingerprint density at radius 2 is 1.80 bits per heavy atom. The molecule has 0 atom stereocenters. The maximum Gasteiger partial charge on any atom is 0.222 e. The first-order valence-corrected chi connectivity index (χ1v) is 11.9. The van der Waals surface area contributed by atoms with Crippen molar-refractivity contribution in [3.63, 3.8) is 0 Å². The lowest BCUT2D eigenvalue weighted by Crippen LogP contribution is -2.36. The van der Waals surface area contributed by atoms with Crippen molar-refractivity contribution in [3.05, 3.63) is 78.2 Å². The normalized spacial score (nSPS) is 17.4. The van der Waals surface area contributed by atoms with E-state index in [1.165, 1.54) is 0 Å². The molecule has 1 saturated carbocycles. The van der Waals surface area contributed by atoms with E-state index in [0.717, 1.165) is 63.2 Å². The van der Waals surface area contributed by atoms with Crippen molar-refractivity contribution in [1.29, 1.82) is 0 Å². The minimum atomic E-state index is 0.0184. The Hall–Kier alpha value is -4.26. The first kappa shape index (κ1) is 21.3. The average Bonchev–Trinajstić information content (AvgIpc) is 3.24. The number of nitrogens with zero attached hydrogens (tertiary/aromatic N) is 4. The fraction of sp³-hybridized carbons (Fsp3) is 0.214. The quantitative estimate of drug-likeness (QED) is 0.402. The predicted octanol–water partition coefficient (Wildman–Crippen LogP) is 4.74. The number of anilines is 1. The molecule has 0 radical (unpaired) electrons. The molecule has 7 nitrogen and oxygen atoms in total. The van der Waals surface area contributed by atoms with Crippen LogP contribution in [0.1, 0.15) is 30.1 Å². The fourth-order valence-corrected chi connectivity index (χ4v) is 5.12. The predicted molar refractivity (Wildman–Crippen MR) is 138 cm³/mol. The van der Waals surface area contributed by atoms with Crippen LogP contribution in [0.5, 0.6) is 0 Å². The molecule has 6 rings (SSSR count). The lowest BCUT2D eigenvalue weighted by atomic mass is 9.74. The van der Waals surface area contributed by atoms with Crippen molar-refractivity contribution in [2.75, 3.05) is 12.8 Å². The van der Waals surface area contributed by atoms with Crippen LogP contribution in [-0.4, -0.2) is 32.5 Å². The summed E-state index contributed by atoms with van der Waals surface area (Å²) in [5.74, 6) is 1.12. The van der Waals surface area contributed by atoms with Gasteiger partial charge in [-0.05, 0) is 37.5 Å². The molecule has 1 aliphatic rings. The fourth-order valence-electron chi connectivity index (χ4n) is 5.12. The summed E-state index contributed by atoms with van der Waals surface area (Å²) in [4.78, 5) is 22.1. The number of amides is 1. The summed E-state index contributed by atoms with van der Waals surface area (Å²) in [7, 11) is 1.68. The third-order valence-corrected chi connectivity index (χ3v) is 7.15. The number of carbonyl (C=O) groups is 1. The molecule has 0 unspecified atom stereocenters. The van der Waals surface area contributed by atoms with Crippen molar-refractivity contribution in [2.24, 2.45) is 5.92 Å². The molecule has 1 aliphatic carbocycles. The second kappa shape index (κ2) is 8.20. The summed E-state index contributed by atoms with van der Waals surface area (Å²) in [5.41, 5.74) is 13.7. The molecule has 3 heterocycles. The second-order valence-corrected chi connectivity index (χ2v) is 9.22. The summed E-state index contributed by atoms with van der Waals surface area (Å²) in [6, 6.07) is 20.3. The molecule has 5 aromatic rings. The number of nitrogens with one attached hydrogen (secondary N) is 1. The average molecular weight is 463 g/mol. The van der Waals surface area contributed by atoms with E-state index >= 15 is 0 Å². The summed E-state index contributed by atoms with van der Waals surface area (Å²) in [6.07, 6.45) is 3.22. The van der Waals surface area contributed by atoms with Crippen LogP contribution in [0, 0.1) is 12.8 Å². The molecule has 3 N–H and O–H groups in total. The van der Waals surface area contributed by atoms with Crippen LogP contribution in [0.15, 0.2) is 66.9 Å². The molecule has 1 fully saturated rings. The first-order chi connectivity index (χ1) is 17.0. The van der Waals surface area contributed by atoms with Gasteiger partial charge in [-0.3, -0.25) is 4.79 Å². The molecule has 1 amide bonds. The number of imidazole rings is 1. The molecule has 0 saturated heterocycles. The summed E-state index contributed by atoms with van der Waals surface area (Å²) in [5, 5.41) is 8.41. The SMILES string of the molecule is CNC(=O)C1CC(c2nc(-c3ccc4ccc(-c5ccccc5)nc4c3C)c3c(N)ccnn23)C1. The van der Waals surface area contributed by atoms with Crippen LogP contribution in [-0.2, 0) is 4.79 Å². The zero-order valence-corrected chi connectivity index (χ0v) is 19.7. The molecule has 174 valence electrons. The van der Waals surface area contributed by atoms with Gasteiger partial charge in [-0.2, -0.15) is 5.10 Å². The maximum atomic E-state index is 12.0.